The molecule has 0 aliphatic carbocycles. The number of nitrogens with one attached hydrogen (secondary N) is 1. The highest BCUT2D eigenvalue weighted by Gasteiger charge is 2.32. The Morgan fingerprint density at radius 1 is 1.67 bits per heavy atom. The third-order valence-corrected chi connectivity index (χ3v) is 3.44. The van der Waals surface area contributed by atoms with Crippen LogP contribution in [0.25, 0.3) is 0 Å². The molecule has 1 aliphatic rings. The van der Waals surface area contributed by atoms with Crippen LogP contribution in [0.2, 0.25) is 0 Å². The maximum atomic E-state index is 11.4. The van der Waals surface area contributed by atoms with Gasteiger partial charge in [0.2, 0.25) is 5.91 Å². The largest absolute Gasteiger partial charge is 0.395 e. The zero-order chi connectivity index (χ0) is 11.4. The van der Waals surface area contributed by atoms with Gasteiger partial charge in [-0.25, -0.2) is 5.84 Å². The fourth-order valence-electron chi connectivity index (χ4n) is 2.23. The smallest absolute Gasteiger partial charge is 0.238 e. The minimum Gasteiger partial charge on any atom is -0.395 e. The summed E-state index contributed by atoms with van der Waals surface area (Å²) in [5, 5.41) is 9.20. The highest BCUT2D eigenvalue weighted by molar-refractivity contribution is 5.78. The number of nitrogens with zero attached hydrogens (tertiary/aromatic N) is 1. The topological polar surface area (TPSA) is 78.6 Å². The molecule has 5 nitrogen and oxygen atoms in total. The predicted octanol–water partition coefficient (Wildman–Crippen LogP) is -0.542. The molecule has 15 heavy (non-hydrogen) atoms. The number of nitrogens with two attached hydrogens (primary N) is 1. The average molecular weight is 215 g/mol. The normalized spacial score (nSPS) is 26.3. The summed E-state index contributed by atoms with van der Waals surface area (Å²) in [5.41, 5.74) is 2.17. The van der Waals surface area contributed by atoms with E-state index in [2.05, 4.69) is 10.3 Å². The molecule has 1 saturated heterocycles. The van der Waals surface area contributed by atoms with Gasteiger partial charge in [0, 0.05) is 12.1 Å². The Balaban J connectivity index is 2.58. The minimum absolute atomic E-state index is 0.119. The van der Waals surface area contributed by atoms with Gasteiger partial charge in [0.25, 0.3) is 0 Å². The van der Waals surface area contributed by atoms with Crippen LogP contribution < -0.4 is 11.3 Å². The van der Waals surface area contributed by atoms with Crippen LogP contribution in [0.15, 0.2) is 0 Å². The van der Waals surface area contributed by atoms with Crippen molar-refractivity contribution in [3.05, 3.63) is 0 Å². The van der Waals surface area contributed by atoms with Crippen molar-refractivity contribution in [3.63, 3.8) is 0 Å². The van der Waals surface area contributed by atoms with E-state index >= 15 is 0 Å². The monoisotopic (exact) mass is 215 g/mol. The molecular formula is C10H21N3O2. The molecular weight excluding hydrogens is 194 g/mol. The molecule has 5 heteroatoms. The number of amides is 1. The summed E-state index contributed by atoms with van der Waals surface area (Å²) in [6.07, 6.45) is 2.10. The molecule has 1 amide bonds. The van der Waals surface area contributed by atoms with Crippen molar-refractivity contribution in [2.45, 2.75) is 38.8 Å². The fraction of sp³-hybridized carbons (Fsp3) is 0.900. The second kappa shape index (κ2) is 5.44. The lowest BCUT2D eigenvalue weighted by Crippen LogP contribution is -2.48. The van der Waals surface area contributed by atoms with Gasteiger partial charge in [0.05, 0.1) is 12.5 Å². The fourth-order valence-corrected chi connectivity index (χ4v) is 2.23. The zero-order valence-corrected chi connectivity index (χ0v) is 9.44. The number of hydrazine groups is 1. The summed E-state index contributed by atoms with van der Waals surface area (Å²) in [5.74, 6) is 4.81. The average Bonchev–Trinajstić information content (AvgIpc) is 2.73. The molecule has 0 aromatic rings. The molecule has 1 rings (SSSR count). The molecule has 3 atom stereocenters. The van der Waals surface area contributed by atoms with Gasteiger partial charge in [-0.3, -0.25) is 15.1 Å². The molecule has 0 radical (unpaired) electrons. The quantitative estimate of drug-likeness (QED) is 0.334. The van der Waals surface area contributed by atoms with Gasteiger partial charge in [0.15, 0.2) is 0 Å². The van der Waals surface area contributed by atoms with Crippen LogP contribution in [0.4, 0.5) is 0 Å². The van der Waals surface area contributed by atoms with Gasteiger partial charge in [-0.1, -0.05) is 6.92 Å². The molecule has 1 aliphatic heterocycles. The van der Waals surface area contributed by atoms with Gasteiger partial charge in [-0.05, 0) is 26.3 Å². The van der Waals surface area contributed by atoms with E-state index in [1.807, 2.05) is 13.8 Å². The van der Waals surface area contributed by atoms with E-state index in [4.69, 9.17) is 5.84 Å². The minimum atomic E-state index is -0.151. The van der Waals surface area contributed by atoms with Crippen LogP contribution in [0.1, 0.15) is 26.7 Å². The van der Waals surface area contributed by atoms with E-state index in [0.29, 0.717) is 0 Å². The van der Waals surface area contributed by atoms with E-state index in [-0.39, 0.29) is 30.5 Å². The lowest BCUT2D eigenvalue weighted by molar-refractivity contribution is -0.126. The lowest BCUT2D eigenvalue weighted by atomic mass is 10.0. The van der Waals surface area contributed by atoms with Crippen LogP contribution in [0, 0.1) is 5.92 Å². The first kappa shape index (κ1) is 12.4. The highest BCUT2D eigenvalue weighted by Crippen LogP contribution is 2.23. The number of rotatable bonds is 4. The molecule has 88 valence electrons. The van der Waals surface area contributed by atoms with Gasteiger partial charge in [-0.15, -0.1) is 0 Å². The summed E-state index contributed by atoms with van der Waals surface area (Å²) in [6, 6.07) is 0.321. The Kier molecular flexibility index (Phi) is 4.50. The molecule has 0 aromatic heterocycles. The van der Waals surface area contributed by atoms with Crippen LogP contribution in [-0.2, 0) is 4.79 Å². The first-order valence-electron chi connectivity index (χ1n) is 5.48. The van der Waals surface area contributed by atoms with Crippen LogP contribution in [0.5, 0.6) is 0 Å². The van der Waals surface area contributed by atoms with Crippen LogP contribution >= 0.6 is 0 Å². The van der Waals surface area contributed by atoms with Crippen molar-refractivity contribution in [3.8, 4) is 0 Å². The SMILES string of the molecule is CC(C(=O)NN)C(C)N1CCCC1CO. The van der Waals surface area contributed by atoms with Gasteiger partial charge < -0.3 is 5.11 Å². The van der Waals surface area contributed by atoms with Gasteiger partial charge in [-0.2, -0.15) is 0 Å². The molecule has 4 N–H and O–H groups in total. The number of aliphatic hydroxyl groups is 1. The van der Waals surface area contributed by atoms with Gasteiger partial charge in [0.1, 0.15) is 0 Å². The summed E-state index contributed by atoms with van der Waals surface area (Å²) in [4.78, 5) is 13.6. The first-order valence-corrected chi connectivity index (χ1v) is 5.48. The Hall–Kier alpha value is -0.650. The summed E-state index contributed by atoms with van der Waals surface area (Å²) >= 11 is 0. The van der Waals surface area contributed by atoms with E-state index in [1.165, 1.54) is 0 Å². The van der Waals surface area contributed by atoms with E-state index in [0.717, 1.165) is 19.4 Å². The lowest BCUT2D eigenvalue weighted by Gasteiger charge is -2.32. The first-order chi connectivity index (χ1) is 7.11. The number of carbonyl (C=O) groups is 1. The Morgan fingerprint density at radius 2 is 2.33 bits per heavy atom. The summed E-state index contributed by atoms with van der Waals surface area (Å²) in [6.45, 7) is 4.99. The van der Waals surface area contributed by atoms with Crippen molar-refractivity contribution in [1.82, 2.24) is 10.3 Å². The van der Waals surface area contributed by atoms with E-state index in [9.17, 15) is 9.90 Å². The molecule has 0 bridgehead atoms. The standard InChI is InChI=1S/C10H21N3O2/c1-7(10(15)12-11)8(2)13-5-3-4-9(13)6-14/h7-9,14H,3-6,11H2,1-2H3,(H,12,15). The van der Waals surface area contributed by atoms with E-state index < -0.39 is 0 Å². The predicted molar refractivity (Wildman–Crippen MR) is 57.8 cm³/mol. The zero-order valence-electron chi connectivity index (χ0n) is 9.44. The summed E-state index contributed by atoms with van der Waals surface area (Å²) < 4.78 is 0. The van der Waals surface area contributed by atoms with E-state index in [1.54, 1.807) is 0 Å². The third kappa shape index (κ3) is 2.68. The highest BCUT2D eigenvalue weighted by atomic mass is 16.3. The molecule has 1 heterocycles. The molecule has 0 aromatic carbocycles. The van der Waals surface area contributed by atoms with Crippen molar-refractivity contribution in [2.75, 3.05) is 13.2 Å². The maximum absolute atomic E-state index is 11.4. The molecule has 1 fully saturated rings. The summed E-state index contributed by atoms with van der Waals surface area (Å²) in [7, 11) is 0. The number of likely N-dealkylation sites (tertiary alicyclic amines) is 1. The molecule has 0 saturated carbocycles. The van der Waals surface area contributed by atoms with Crippen LogP contribution in [0.3, 0.4) is 0 Å². The Bertz CT molecular complexity index is 223. The second-order valence-electron chi connectivity index (χ2n) is 4.25. The molecule has 3 unspecified atom stereocenters. The third-order valence-electron chi connectivity index (χ3n) is 3.44. The molecule has 0 spiro atoms. The number of carbonyl (C=O) groups excluding carboxylic acids is 1. The number of aliphatic hydroxyl groups excluding tert-OH is 1. The van der Waals surface area contributed by atoms with Crippen molar-refractivity contribution < 1.29 is 9.90 Å². The Morgan fingerprint density at radius 3 is 2.87 bits per heavy atom. The Labute approximate surface area is 90.6 Å². The van der Waals surface area contributed by atoms with Crippen molar-refractivity contribution in [2.24, 2.45) is 11.8 Å². The second-order valence-corrected chi connectivity index (χ2v) is 4.25. The van der Waals surface area contributed by atoms with Crippen molar-refractivity contribution >= 4 is 5.91 Å². The maximum Gasteiger partial charge on any atom is 0.238 e. The van der Waals surface area contributed by atoms with Crippen LogP contribution in [-0.4, -0.2) is 41.1 Å². The number of hydrogen-bond donors (Lipinski definition) is 3. The van der Waals surface area contributed by atoms with Crippen molar-refractivity contribution in [1.29, 1.82) is 0 Å². The van der Waals surface area contributed by atoms with Gasteiger partial charge >= 0.3 is 0 Å². The number of hydrogen-bond acceptors (Lipinski definition) is 4.